The van der Waals surface area contributed by atoms with Crippen LogP contribution >= 0.6 is 0 Å². The zero-order valence-electron chi connectivity index (χ0n) is 32.3. The highest BCUT2D eigenvalue weighted by Crippen LogP contribution is 2.55. The lowest BCUT2D eigenvalue weighted by Crippen LogP contribution is -2.61. The Labute approximate surface area is 316 Å². The van der Waals surface area contributed by atoms with E-state index in [0.29, 0.717) is 18.5 Å². The van der Waals surface area contributed by atoms with E-state index in [4.69, 9.17) is 9.47 Å². The monoisotopic (exact) mass is 726 g/mol. The highest BCUT2D eigenvalue weighted by atomic mass is 16.7. The number of nitrogens with zero attached hydrogens (tertiary/aromatic N) is 1. The normalized spacial score (nSPS) is 36.8. The van der Waals surface area contributed by atoms with Crippen LogP contribution in [0.3, 0.4) is 0 Å². The Balaban J connectivity index is 1.04. The Morgan fingerprint density at radius 1 is 0.887 bits per heavy atom. The molecule has 5 aliphatic carbocycles. The van der Waals surface area contributed by atoms with Crippen molar-refractivity contribution in [2.45, 2.75) is 153 Å². The second-order valence-corrected chi connectivity index (χ2v) is 18.9. The quantitative estimate of drug-likeness (QED) is 0.220. The SMILES string of the molecule is CC1C(CN2C(C(=O)NC(C)(C)C)CCC3CCCCC32)OC(c2cccc(NC(=O)NC34CC5CC(CC(C5)C3)C4)c2)OC1c1ccc(CO)cc1. The Morgan fingerprint density at radius 2 is 1.58 bits per heavy atom. The number of urea groups is 1. The lowest BCUT2D eigenvalue weighted by atomic mass is 9.53. The summed E-state index contributed by atoms with van der Waals surface area (Å²) in [4.78, 5) is 29.9. The summed E-state index contributed by atoms with van der Waals surface area (Å²) in [5.41, 5.74) is 3.09. The van der Waals surface area contributed by atoms with E-state index in [-0.39, 0.29) is 53.8 Å². The molecule has 0 radical (unpaired) electrons. The number of nitrogens with one attached hydrogen (secondary N) is 3. The molecule has 9 heteroatoms. The third-order valence-corrected chi connectivity index (χ3v) is 13.7. The van der Waals surface area contributed by atoms with Gasteiger partial charge in [0.15, 0.2) is 6.29 Å². The summed E-state index contributed by atoms with van der Waals surface area (Å²) in [6, 6.07) is 16.0. The third-order valence-electron chi connectivity index (χ3n) is 13.7. The van der Waals surface area contributed by atoms with Crippen molar-refractivity contribution in [1.29, 1.82) is 0 Å². The van der Waals surface area contributed by atoms with Gasteiger partial charge in [0, 0.05) is 40.8 Å². The molecular formula is C44H62N4O5. The molecule has 2 aromatic carbocycles. The number of aliphatic hydroxyl groups is 1. The number of likely N-dealkylation sites (tertiary alicyclic amines) is 1. The molecule has 288 valence electrons. The van der Waals surface area contributed by atoms with Gasteiger partial charge >= 0.3 is 6.03 Å². The molecule has 9 nitrogen and oxygen atoms in total. The average Bonchev–Trinajstić information content (AvgIpc) is 3.11. The van der Waals surface area contributed by atoms with E-state index in [1.54, 1.807) is 0 Å². The number of piperidine rings is 1. The molecule has 7 unspecified atom stereocenters. The maximum Gasteiger partial charge on any atom is 0.319 e. The summed E-state index contributed by atoms with van der Waals surface area (Å²) in [6.07, 6.45) is 12.9. The molecule has 2 heterocycles. The first-order valence-electron chi connectivity index (χ1n) is 20.7. The van der Waals surface area contributed by atoms with Crippen molar-refractivity contribution in [1.82, 2.24) is 15.5 Å². The number of benzene rings is 2. The summed E-state index contributed by atoms with van der Waals surface area (Å²) >= 11 is 0. The van der Waals surface area contributed by atoms with Crippen LogP contribution < -0.4 is 16.0 Å². The average molecular weight is 727 g/mol. The zero-order chi connectivity index (χ0) is 36.9. The van der Waals surface area contributed by atoms with Crippen LogP contribution in [0.5, 0.6) is 0 Å². The molecule has 4 N–H and O–H groups in total. The predicted molar refractivity (Wildman–Crippen MR) is 206 cm³/mol. The summed E-state index contributed by atoms with van der Waals surface area (Å²) in [6.45, 7) is 8.99. The second-order valence-electron chi connectivity index (χ2n) is 18.9. The van der Waals surface area contributed by atoms with Gasteiger partial charge < -0.3 is 30.5 Å². The number of carbonyl (C=O) groups is 2. The number of amides is 3. The zero-order valence-corrected chi connectivity index (χ0v) is 32.3. The summed E-state index contributed by atoms with van der Waals surface area (Å²) in [5, 5.41) is 19.7. The van der Waals surface area contributed by atoms with Crippen LogP contribution in [0, 0.1) is 29.6 Å². The van der Waals surface area contributed by atoms with E-state index >= 15 is 0 Å². The van der Waals surface area contributed by atoms with Gasteiger partial charge in [-0.1, -0.05) is 56.2 Å². The van der Waals surface area contributed by atoms with E-state index in [1.165, 1.54) is 38.5 Å². The minimum absolute atomic E-state index is 0.00566. The first kappa shape index (κ1) is 37.0. The number of rotatable bonds is 8. The van der Waals surface area contributed by atoms with E-state index in [1.807, 2.05) is 36.4 Å². The summed E-state index contributed by atoms with van der Waals surface area (Å²) in [7, 11) is 0. The van der Waals surface area contributed by atoms with Crippen LogP contribution in [0.2, 0.25) is 0 Å². The van der Waals surface area contributed by atoms with E-state index in [0.717, 1.165) is 78.7 Å². The van der Waals surface area contributed by atoms with Gasteiger partial charge in [0.1, 0.15) is 0 Å². The molecule has 4 bridgehead atoms. The molecule has 53 heavy (non-hydrogen) atoms. The topological polar surface area (TPSA) is 112 Å². The van der Waals surface area contributed by atoms with Gasteiger partial charge in [-0.15, -0.1) is 0 Å². The van der Waals surface area contributed by atoms with Gasteiger partial charge in [0.05, 0.1) is 24.9 Å². The van der Waals surface area contributed by atoms with Crippen molar-refractivity contribution >= 4 is 17.6 Å². The maximum atomic E-state index is 13.9. The molecule has 2 aliphatic heterocycles. The number of hydrogen-bond acceptors (Lipinski definition) is 6. The van der Waals surface area contributed by atoms with Crippen molar-refractivity contribution in [3.63, 3.8) is 0 Å². The lowest BCUT2D eigenvalue weighted by Gasteiger charge is -2.56. The Hall–Kier alpha value is -2.98. The Bertz CT molecular complexity index is 1590. The van der Waals surface area contributed by atoms with Crippen LogP contribution in [-0.4, -0.2) is 57.8 Å². The van der Waals surface area contributed by atoms with Crippen molar-refractivity contribution < 1.29 is 24.2 Å². The van der Waals surface area contributed by atoms with E-state index < -0.39 is 6.29 Å². The van der Waals surface area contributed by atoms with Gasteiger partial charge in [-0.05, 0) is 132 Å². The number of hydrogen-bond donors (Lipinski definition) is 4. The number of aliphatic hydroxyl groups excluding tert-OH is 1. The smallest absolute Gasteiger partial charge is 0.319 e. The number of ether oxygens (including phenoxy) is 2. The minimum Gasteiger partial charge on any atom is -0.392 e. The highest BCUT2D eigenvalue weighted by molar-refractivity contribution is 5.90. The minimum atomic E-state index is -0.666. The van der Waals surface area contributed by atoms with Crippen molar-refractivity contribution in [2.24, 2.45) is 29.6 Å². The first-order chi connectivity index (χ1) is 25.4. The van der Waals surface area contributed by atoms with Crippen LogP contribution in [0.4, 0.5) is 10.5 Å². The van der Waals surface area contributed by atoms with Crippen molar-refractivity contribution in [3.05, 3.63) is 65.2 Å². The fraction of sp³-hybridized carbons (Fsp3) is 0.682. The molecule has 3 amide bonds. The third kappa shape index (κ3) is 8.05. The standard InChI is InChI=1S/C44H62N4O5/c1-27-38(25-48-36-11-6-5-8-32(36)16-17-37(48)40(50)46-43(2,3)4)52-41(53-39(27)33-14-12-28(26-49)13-15-33)34-9-7-10-35(21-34)45-42(51)47-44-22-29-18-30(23-44)20-31(19-29)24-44/h7,9-10,12-15,21,27,29-32,36-39,41,49H,5-6,8,11,16-20,22-26H2,1-4H3,(H,46,50)(H2,45,47,51). The van der Waals surface area contributed by atoms with Crippen LogP contribution in [-0.2, 0) is 20.9 Å². The maximum absolute atomic E-state index is 13.9. The van der Waals surface area contributed by atoms with E-state index in [2.05, 4.69) is 60.7 Å². The first-order valence-corrected chi connectivity index (χ1v) is 20.7. The highest BCUT2D eigenvalue weighted by Gasteiger charge is 2.52. The predicted octanol–water partition coefficient (Wildman–Crippen LogP) is 8.00. The largest absolute Gasteiger partial charge is 0.392 e. The number of anilines is 1. The Kier molecular flexibility index (Phi) is 10.4. The molecule has 7 aliphatic rings. The number of carbonyl (C=O) groups excluding carboxylic acids is 2. The summed E-state index contributed by atoms with van der Waals surface area (Å²) < 4.78 is 13.8. The van der Waals surface area contributed by atoms with Crippen molar-refractivity contribution in [2.75, 3.05) is 11.9 Å². The fourth-order valence-corrected chi connectivity index (χ4v) is 11.7. The molecular weight excluding hydrogens is 665 g/mol. The molecule has 0 aromatic heterocycles. The van der Waals surface area contributed by atoms with Gasteiger partial charge in [-0.3, -0.25) is 9.69 Å². The molecule has 2 aromatic rings. The second kappa shape index (κ2) is 14.9. The number of fused-ring (bicyclic) bond motifs is 1. The Morgan fingerprint density at radius 3 is 2.26 bits per heavy atom. The molecule has 5 saturated carbocycles. The van der Waals surface area contributed by atoms with Crippen LogP contribution in [0.15, 0.2) is 48.5 Å². The van der Waals surface area contributed by atoms with Gasteiger partial charge in [-0.25, -0.2) is 4.79 Å². The van der Waals surface area contributed by atoms with Gasteiger partial charge in [-0.2, -0.15) is 0 Å². The molecule has 2 saturated heterocycles. The molecule has 7 atom stereocenters. The fourth-order valence-electron chi connectivity index (χ4n) is 11.7. The van der Waals surface area contributed by atoms with Gasteiger partial charge in [0.25, 0.3) is 0 Å². The molecule has 0 spiro atoms. The van der Waals surface area contributed by atoms with Crippen molar-refractivity contribution in [3.8, 4) is 0 Å². The molecule has 9 rings (SSSR count). The lowest BCUT2D eigenvalue weighted by molar-refractivity contribution is -0.278. The molecule has 7 fully saturated rings. The van der Waals surface area contributed by atoms with Gasteiger partial charge in [0.2, 0.25) is 5.91 Å². The summed E-state index contributed by atoms with van der Waals surface area (Å²) in [5.74, 6) is 2.97. The van der Waals surface area contributed by atoms with Crippen LogP contribution in [0.1, 0.15) is 134 Å². The van der Waals surface area contributed by atoms with E-state index in [9.17, 15) is 14.7 Å². The van der Waals surface area contributed by atoms with Crippen LogP contribution in [0.25, 0.3) is 0 Å².